The fraction of sp³-hybridized carbons (Fsp3) is 0.333. The van der Waals surface area contributed by atoms with Crippen LogP contribution in [-0.2, 0) is 5.41 Å². The Morgan fingerprint density at radius 3 is 2.48 bits per heavy atom. The predicted octanol–water partition coefficient (Wildman–Crippen LogP) is 5.21. The van der Waals surface area contributed by atoms with Gasteiger partial charge >= 0.3 is 6.03 Å². The molecule has 0 radical (unpaired) electrons. The van der Waals surface area contributed by atoms with Crippen LogP contribution in [-0.4, -0.2) is 19.2 Å². The zero-order valence-electron chi connectivity index (χ0n) is 15.8. The Kier molecular flexibility index (Phi) is 7.26. The van der Waals surface area contributed by atoms with E-state index in [2.05, 4.69) is 59.5 Å². The molecule has 0 fully saturated rings. The number of hydrogen-bond donors (Lipinski definition) is 2. The molecule has 0 aromatic heterocycles. The number of hydrogen-bond acceptors (Lipinski definition) is 3. The molecule has 0 aliphatic rings. The average molecular weight is 430 g/mol. The van der Waals surface area contributed by atoms with E-state index in [1.807, 2.05) is 12.1 Å². The maximum atomic E-state index is 11.9. The first-order valence-corrected chi connectivity index (χ1v) is 9.57. The lowest BCUT2D eigenvalue weighted by Gasteiger charge is -2.20. The number of nitrogens with zero attached hydrogens (tertiary/aromatic N) is 1. The monoisotopic (exact) mass is 429 g/mol. The summed E-state index contributed by atoms with van der Waals surface area (Å²) in [6, 6.07) is 14.6. The molecule has 0 spiro atoms. The Balaban J connectivity index is 1.71. The van der Waals surface area contributed by atoms with Gasteiger partial charge in [-0.3, -0.25) is 0 Å². The van der Waals surface area contributed by atoms with Crippen molar-refractivity contribution in [2.45, 2.75) is 32.6 Å². The van der Waals surface area contributed by atoms with Crippen LogP contribution >= 0.6 is 15.9 Å². The molecule has 2 aromatic carbocycles. The van der Waals surface area contributed by atoms with Gasteiger partial charge in [0.1, 0.15) is 5.75 Å². The summed E-state index contributed by atoms with van der Waals surface area (Å²) in [4.78, 5) is 11.9. The molecule has 0 bridgehead atoms. The fourth-order valence-electron chi connectivity index (χ4n) is 2.34. The number of amides is 2. The SMILES string of the molecule is CC(C)(C)c1ccc(OCCCNC(=O)Nc2ccc(C#N)cc2)c(Br)c1. The maximum Gasteiger partial charge on any atom is 0.319 e. The fourth-order valence-corrected chi connectivity index (χ4v) is 2.84. The minimum absolute atomic E-state index is 0.0905. The third-order valence-electron chi connectivity index (χ3n) is 3.93. The van der Waals surface area contributed by atoms with Crippen molar-refractivity contribution < 1.29 is 9.53 Å². The van der Waals surface area contributed by atoms with Crippen LogP contribution in [0.5, 0.6) is 5.75 Å². The first-order valence-electron chi connectivity index (χ1n) is 8.77. The molecule has 142 valence electrons. The third kappa shape index (κ3) is 6.61. The van der Waals surface area contributed by atoms with Gasteiger partial charge in [-0.25, -0.2) is 4.79 Å². The summed E-state index contributed by atoms with van der Waals surface area (Å²) in [7, 11) is 0. The molecule has 0 atom stereocenters. The second-order valence-electron chi connectivity index (χ2n) is 7.17. The van der Waals surface area contributed by atoms with Crippen molar-refractivity contribution in [2.24, 2.45) is 0 Å². The molecule has 0 unspecified atom stereocenters. The van der Waals surface area contributed by atoms with Gasteiger partial charge in [-0.15, -0.1) is 0 Å². The molecule has 2 amide bonds. The number of halogens is 1. The number of rotatable bonds is 6. The summed E-state index contributed by atoms with van der Waals surface area (Å²) in [5.74, 6) is 0.796. The summed E-state index contributed by atoms with van der Waals surface area (Å²) in [6.45, 7) is 7.52. The van der Waals surface area contributed by atoms with Crippen LogP contribution in [0, 0.1) is 11.3 Å². The summed E-state index contributed by atoms with van der Waals surface area (Å²) in [5, 5.41) is 14.3. The van der Waals surface area contributed by atoms with Gasteiger partial charge < -0.3 is 15.4 Å². The smallest absolute Gasteiger partial charge is 0.319 e. The van der Waals surface area contributed by atoms with E-state index in [9.17, 15) is 4.79 Å². The number of carbonyl (C=O) groups is 1. The van der Waals surface area contributed by atoms with Crippen LogP contribution in [0.1, 0.15) is 38.3 Å². The normalized spacial score (nSPS) is 10.8. The summed E-state index contributed by atoms with van der Waals surface area (Å²) >= 11 is 3.55. The molecule has 5 nitrogen and oxygen atoms in total. The van der Waals surface area contributed by atoms with Gasteiger partial charge in [-0.05, 0) is 69.7 Å². The molecule has 0 heterocycles. The van der Waals surface area contributed by atoms with Crippen molar-refractivity contribution in [2.75, 3.05) is 18.5 Å². The predicted molar refractivity (Wildman–Crippen MR) is 111 cm³/mol. The van der Waals surface area contributed by atoms with Crippen LogP contribution < -0.4 is 15.4 Å². The number of anilines is 1. The van der Waals surface area contributed by atoms with E-state index < -0.39 is 0 Å². The van der Waals surface area contributed by atoms with Crippen LogP contribution in [0.15, 0.2) is 46.9 Å². The van der Waals surface area contributed by atoms with Crippen LogP contribution in [0.25, 0.3) is 0 Å². The molecule has 2 rings (SSSR count). The minimum atomic E-state index is -0.282. The Morgan fingerprint density at radius 2 is 1.89 bits per heavy atom. The minimum Gasteiger partial charge on any atom is -0.492 e. The van der Waals surface area contributed by atoms with Crippen molar-refractivity contribution in [1.29, 1.82) is 5.26 Å². The van der Waals surface area contributed by atoms with Gasteiger partial charge in [0.15, 0.2) is 0 Å². The number of nitriles is 1. The highest BCUT2D eigenvalue weighted by molar-refractivity contribution is 9.10. The van der Waals surface area contributed by atoms with Gasteiger partial charge in [-0.1, -0.05) is 26.8 Å². The van der Waals surface area contributed by atoms with Gasteiger partial charge in [0.25, 0.3) is 0 Å². The third-order valence-corrected chi connectivity index (χ3v) is 4.55. The second-order valence-corrected chi connectivity index (χ2v) is 8.02. The molecule has 0 saturated carbocycles. The van der Waals surface area contributed by atoms with Crippen LogP contribution in [0.3, 0.4) is 0 Å². The Morgan fingerprint density at radius 1 is 1.19 bits per heavy atom. The lowest BCUT2D eigenvalue weighted by atomic mass is 9.87. The average Bonchev–Trinajstić information content (AvgIpc) is 2.62. The summed E-state index contributed by atoms with van der Waals surface area (Å²) in [5.41, 5.74) is 2.53. The number of urea groups is 1. The zero-order valence-corrected chi connectivity index (χ0v) is 17.4. The summed E-state index contributed by atoms with van der Waals surface area (Å²) < 4.78 is 6.71. The van der Waals surface area contributed by atoms with E-state index in [4.69, 9.17) is 10.00 Å². The number of nitrogens with one attached hydrogen (secondary N) is 2. The van der Waals surface area contributed by atoms with Gasteiger partial charge in [0.05, 0.1) is 22.7 Å². The van der Waals surface area contributed by atoms with Gasteiger partial charge in [0.2, 0.25) is 0 Å². The summed E-state index contributed by atoms with van der Waals surface area (Å²) in [6.07, 6.45) is 0.689. The zero-order chi connectivity index (χ0) is 19.9. The molecular formula is C21H24BrN3O2. The largest absolute Gasteiger partial charge is 0.492 e. The van der Waals surface area contributed by atoms with E-state index in [-0.39, 0.29) is 11.4 Å². The first kappa shape index (κ1) is 20.8. The highest BCUT2D eigenvalue weighted by atomic mass is 79.9. The maximum absolute atomic E-state index is 11.9. The number of carbonyl (C=O) groups excluding carboxylic acids is 1. The van der Waals surface area contributed by atoms with Crippen molar-refractivity contribution in [3.8, 4) is 11.8 Å². The number of benzene rings is 2. The molecule has 0 saturated heterocycles. The first-order chi connectivity index (χ1) is 12.8. The van der Waals surface area contributed by atoms with E-state index in [0.29, 0.717) is 30.8 Å². The Labute approximate surface area is 168 Å². The molecule has 0 aliphatic heterocycles. The highest BCUT2D eigenvalue weighted by Crippen LogP contribution is 2.31. The van der Waals surface area contributed by atoms with Crippen LogP contribution in [0.2, 0.25) is 0 Å². The van der Waals surface area contributed by atoms with Gasteiger partial charge in [-0.2, -0.15) is 5.26 Å². The van der Waals surface area contributed by atoms with Crippen molar-refractivity contribution in [3.05, 3.63) is 58.1 Å². The second kappa shape index (κ2) is 9.43. The molecule has 6 heteroatoms. The lowest BCUT2D eigenvalue weighted by molar-refractivity contribution is 0.250. The van der Waals surface area contributed by atoms with Crippen molar-refractivity contribution in [3.63, 3.8) is 0 Å². The number of ether oxygens (including phenoxy) is 1. The van der Waals surface area contributed by atoms with E-state index in [1.165, 1.54) is 5.56 Å². The molecular weight excluding hydrogens is 406 g/mol. The van der Waals surface area contributed by atoms with Gasteiger partial charge in [0, 0.05) is 12.2 Å². The molecule has 0 aliphatic carbocycles. The highest BCUT2D eigenvalue weighted by Gasteiger charge is 2.15. The van der Waals surface area contributed by atoms with E-state index in [1.54, 1.807) is 24.3 Å². The van der Waals surface area contributed by atoms with Crippen molar-refractivity contribution >= 4 is 27.6 Å². The quantitative estimate of drug-likeness (QED) is 0.618. The topological polar surface area (TPSA) is 74.2 Å². The van der Waals surface area contributed by atoms with E-state index in [0.717, 1.165) is 10.2 Å². The van der Waals surface area contributed by atoms with Crippen molar-refractivity contribution in [1.82, 2.24) is 5.32 Å². The Hall–Kier alpha value is -2.52. The standard InChI is InChI=1S/C21H24BrN3O2/c1-21(2,3)16-7-10-19(18(22)13-16)27-12-4-11-24-20(26)25-17-8-5-15(14-23)6-9-17/h5-10,13H,4,11-12H2,1-3H3,(H2,24,25,26). The molecule has 2 aromatic rings. The van der Waals surface area contributed by atoms with Crippen LogP contribution in [0.4, 0.5) is 10.5 Å². The van der Waals surface area contributed by atoms with E-state index >= 15 is 0 Å². The lowest BCUT2D eigenvalue weighted by Crippen LogP contribution is -2.30. The molecule has 2 N–H and O–H groups in total. The Bertz CT molecular complexity index is 821. The molecule has 27 heavy (non-hydrogen) atoms.